The number of amides is 2. The van der Waals surface area contributed by atoms with Crippen molar-refractivity contribution in [3.63, 3.8) is 0 Å². The second-order valence-corrected chi connectivity index (χ2v) is 4.99. The molecule has 6 nitrogen and oxygen atoms in total. The van der Waals surface area contributed by atoms with Crippen LogP contribution in [0.2, 0.25) is 5.02 Å². The van der Waals surface area contributed by atoms with E-state index in [0.717, 1.165) is 24.3 Å². The van der Waals surface area contributed by atoms with E-state index in [1.54, 1.807) is 0 Å². The minimum Gasteiger partial charge on any atom is -0.308 e. The SMILES string of the molecule is O=C(Nc1cccc(C(F)(F)F)c1)Nc1ccc(Cl)c([N+](=O)[O-])c1. The van der Waals surface area contributed by atoms with Crippen LogP contribution in [0, 0.1) is 10.1 Å². The number of nitro benzene ring substituents is 1. The molecular formula is C14H9ClF3N3O3. The van der Waals surface area contributed by atoms with Crippen molar-refractivity contribution in [2.75, 3.05) is 10.6 Å². The molecule has 2 aromatic carbocycles. The Labute approximate surface area is 138 Å². The van der Waals surface area contributed by atoms with E-state index in [0.29, 0.717) is 0 Å². The highest BCUT2D eigenvalue weighted by Crippen LogP contribution is 2.31. The number of halogens is 4. The maximum atomic E-state index is 12.6. The van der Waals surface area contributed by atoms with Crippen LogP contribution in [0.1, 0.15) is 5.56 Å². The van der Waals surface area contributed by atoms with Gasteiger partial charge in [-0.25, -0.2) is 4.79 Å². The Balaban J connectivity index is 2.12. The predicted octanol–water partition coefficient (Wildman–Crippen LogP) is 4.91. The molecule has 0 bridgehead atoms. The van der Waals surface area contributed by atoms with Gasteiger partial charge in [0.05, 0.1) is 10.5 Å². The van der Waals surface area contributed by atoms with Crippen molar-refractivity contribution in [1.29, 1.82) is 0 Å². The molecule has 10 heteroatoms. The first-order valence-corrected chi connectivity index (χ1v) is 6.74. The number of nitro groups is 1. The number of anilines is 2. The summed E-state index contributed by atoms with van der Waals surface area (Å²) >= 11 is 5.64. The summed E-state index contributed by atoms with van der Waals surface area (Å²) in [6, 6.07) is 6.78. The van der Waals surface area contributed by atoms with Gasteiger partial charge < -0.3 is 10.6 Å². The summed E-state index contributed by atoms with van der Waals surface area (Å²) in [7, 11) is 0. The molecule has 0 fully saturated rings. The molecule has 2 rings (SSSR count). The first-order chi connectivity index (χ1) is 11.2. The van der Waals surface area contributed by atoms with Crippen molar-refractivity contribution in [3.8, 4) is 0 Å². The van der Waals surface area contributed by atoms with Gasteiger partial charge in [0.25, 0.3) is 5.69 Å². The second kappa shape index (κ2) is 6.75. The van der Waals surface area contributed by atoms with Crippen molar-refractivity contribution in [2.24, 2.45) is 0 Å². The summed E-state index contributed by atoms with van der Waals surface area (Å²) in [6.07, 6.45) is -4.54. The van der Waals surface area contributed by atoms with Gasteiger partial charge in [0.1, 0.15) is 5.02 Å². The molecule has 0 aliphatic rings. The molecule has 0 aromatic heterocycles. The van der Waals surface area contributed by atoms with E-state index in [1.807, 2.05) is 0 Å². The van der Waals surface area contributed by atoms with E-state index in [2.05, 4.69) is 10.6 Å². The van der Waals surface area contributed by atoms with Gasteiger partial charge in [-0.2, -0.15) is 13.2 Å². The van der Waals surface area contributed by atoms with Gasteiger partial charge in [0.2, 0.25) is 0 Å². The zero-order valence-electron chi connectivity index (χ0n) is 11.7. The van der Waals surface area contributed by atoms with Gasteiger partial charge >= 0.3 is 12.2 Å². The zero-order valence-corrected chi connectivity index (χ0v) is 12.5. The Bertz CT molecular complexity index is 796. The van der Waals surface area contributed by atoms with E-state index in [4.69, 9.17) is 11.6 Å². The number of nitrogens with zero attached hydrogens (tertiary/aromatic N) is 1. The molecule has 2 aromatic rings. The molecule has 0 saturated carbocycles. The van der Waals surface area contributed by atoms with E-state index < -0.39 is 28.4 Å². The van der Waals surface area contributed by atoms with Gasteiger partial charge in [-0.05, 0) is 30.3 Å². The molecule has 0 saturated heterocycles. The largest absolute Gasteiger partial charge is 0.416 e. The number of hydrogen-bond donors (Lipinski definition) is 2. The normalized spacial score (nSPS) is 11.0. The van der Waals surface area contributed by atoms with Crippen LogP contribution in [0.4, 0.5) is 35.0 Å². The number of hydrogen-bond acceptors (Lipinski definition) is 3. The van der Waals surface area contributed by atoms with E-state index in [9.17, 15) is 28.1 Å². The summed E-state index contributed by atoms with van der Waals surface area (Å²) in [5.74, 6) is 0. The molecule has 126 valence electrons. The lowest BCUT2D eigenvalue weighted by Gasteiger charge is -2.11. The van der Waals surface area contributed by atoms with Crippen molar-refractivity contribution >= 4 is 34.7 Å². The average Bonchev–Trinajstić information content (AvgIpc) is 2.48. The van der Waals surface area contributed by atoms with Gasteiger partial charge in [-0.15, -0.1) is 0 Å². The third kappa shape index (κ3) is 4.35. The molecule has 0 atom stereocenters. The molecule has 24 heavy (non-hydrogen) atoms. The smallest absolute Gasteiger partial charge is 0.308 e. The van der Waals surface area contributed by atoms with Crippen LogP contribution in [0.25, 0.3) is 0 Å². The van der Waals surface area contributed by atoms with Crippen LogP contribution in [-0.4, -0.2) is 11.0 Å². The Kier molecular flexibility index (Phi) is 4.93. The van der Waals surface area contributed by atoms with E-state index in [-0.39, 0.29) is 16.4 Å². The summed E-state index contributed by atoms with van der Waals surface area (Å²) in [4.78, 5) is 21.8. The van der Waals surface area contributed by atoms with Gasteiger partial charge in [-0.1, -0.05) is 17.7 Å². The average molecular weight is 360 g/mol. The van der Waals surface area contributed by atoms with Crippen LogP contribution in [0.3, 0.4) is 0 Å². The molecule has 0 unspecified atom stereocenters. The van der Waals surface area contributed by atoms with Crippen LogP contribution < -0.4 is 10.6 Å². The minimum absolute atomic E-state index is 0.0653. The standard InChI is InChI=1S/C14H9ClF3N3O3/c15-11-5-4-10(7-12(11)21(23)24)20-13(22)19-9-3-1-2-8(6-9)14(16,17)18/h1-7H,(H2,19,20,22). The lowest BCUT2D eigenvalue weighted by molar-refractivity contribution is -0.384. The summed E-state index contributed by atoms with van der Waals surface area (Å²) < 4.78 is 37.8. The highest BCUT2D eigenvalue weighted by molar-refractivity contribution is 6.32. The first-order valence-electron chi connectivity index (χ1n) is 6.36. The van der Waals surface area contributed by atoms with Gasteiger partial charge in [-0.3, -0.25) is 10.1 Å². The number of carbonyl (C=O) groups excluding carboxylic acids is 1. The highest BCUT2D eigenvalue weighted by atomic mass is 35.5. The van der Waals surface area contributed by atoms with Crippen LogP contribution in [0.5, 0.6) is 0 Å². The van der Waals surface area contributed by atoms with Crippen molar-refractivity contribution in [1.82, 2.24) is 0 Å². The van der Waals surface area contributed by atoms with E-state index >= 15 is 0 Å². The fourth-order valence-corrected chi connectivity index (χ4v) is 1.98. The maximum Gasteiger partial charge on any atom is 0.416 e. The van der Waals surface area contributed by atoms with Gasteiger partial charge in [0, 0.05) is 17.4 Å². The number of nitrogens with one attached hydrogen (secondary N) is 2. The summed E-state index contributed by atoms with van der Waals surface area (Å²) in [5.41, 5.74) is -1.34. The van der Waals surface area contributed by atoms with Crippen molar-refractivity contribution in [2.45, 2.75) is 6.18 Å². The van der Waals surface area contributed by atoms with Crippen LogP contribution in [0.15, 0.2) is 42.5 Å². The summed E-state index contributed by atoms with van der Waals surface area (Å²) in [5, 5.41) is 15.2. The number of carbonyl (C=O) groups is 1. The van der Waals surface area contributed by atoms with Crippen molar-refractivity contribution in [3.05, 3.63) is 63.2 Å². The molecule has 2 amide bonds. The third-order valence-electron chi connectivity index (χ3n) is 2.85. The molecular weight excluding hydrogens is 351 g/mol. The number of benzene rings is 2. The topological polar surface area (TPSA) is 84.3 Å². The molecule has 0 aliphatic heterocycles. The molecule has 0 radical (unpaired) electrons. The Morgan fingerprint density at radius 2 is 1.71 bits per heavy atom. The quantitative estimate of drug-likeness (QED) is 0.603. The fraction of sp³-hybridized carbons (Fsp3) is 0.0714. The number of urea groups is 1. The Hall–Kier alpha value is -2.81. The Morgan fingerprint density at radius 3 is 2.29 bits per heavy atom. The lowest BCUT2D eigenvalue weighted by atomic mass is 10.2. The minimum atomic E-state index is -4.54. The van der Waals surface area contributed by atoms with Crippen molar-refractivity contribution < 1.29 is 22.9 Å². The third-order valence-corrected chi connectivity index (χ3v) is 3.17. The molecule has 0 spiro atoms. The van der Waals surface area contributed by atoms with E-state index in [1.165, 1.54) is 18.2 Å². The zero-order chi connectivity index (χ0) is 17.9. The Morgan fingerprint density at radius 1 is 1.08 bits per heavy atom. The predicted molar refractivity (Wildman–Crippen MR) is 82.2 cm³/mol. The van der Waals surface area contributed by atoms with Crippen LogP contribution >= 0.6 is 11.6 Å². The maximum absolute atomic E-state index is 12.6. The molecule has 2 N–H and O–H groups in total. The highest BCUT2D eigenvalue weighted by Gasteiger charge is 2.30. The second-order valence-electron chi connectivity index (χ2n) is 4.58. The number of rotatable bonds is 3. The fourth-order valence-electron chi connectivity index (χ4n) is 1.80. The lowest BCUT2D eigenvalue weighted by Crippen LogP contribution is -2.19. The monoisotopic (exact) mass is 359 g/mol. The first kappa shape index (κ1) is 17.5. The number of alkyl halides is 3. The van der Waals surface area contributed by atoms with Gasteiger partial charge in [0.15, 0.2) is 0 Å². The van der Waals surface area contributed by atoms with Crippen LogP contribution in [-0.2, 0) is 6.18 Å². The summed E-state index contributed by atoms with van der Waals surface area (Å²) in [6.45, 7) is 0. The molecule has 0 heterocycles. The molecule has 0 aliphatic carbocycles.